The number of anilines is 1. The zero-order chi connectivity index (χ0) is 38.8. The molecule has 15 heteroatoms. The summed E-state index contributed by atoms with van der Waals surface area (Å²) in [7, 11) is 0. The predicted octanol–water partition coefficient (Wildman–Crippen LogP) is 10.1. The number of halogens is 8. The zero-order valence-electron chi connectivity index (χ0n) is 26.9. The number of rotatable bonds is 5. The average molecular weight is 781 g/mol. The molecule has 0 radical (unpaired) electrons. The van der Waals surface area contributed by atoms with Crippen molar-refractivity contribution in [1.29, 1.82) is 0 Å². The van der Waals surface area contributed by atoms with Crippen LogP contribution in [0.5, 0.6) is 5.75 Å². The summed E-state index contributed by atoms with van der Waals surface area (Å²) in [5, 5.41) is 12.4. The molecule has 2 N–H and O–H groups in total. The van der Waals surface area contributed by atoms with Gasteiger partial charge in [-0.3, -0.25) is 9.59 Å². The summed E-state index contributed by atoms with van der Waals surface area (Å²) in [5.41, 5.74) is -0.928. The van der Waals surface area contributed by atoms with Crippen LogP contribution in [-0.4, -0.2) is 15.6 Å². The minimum absolute atomic E-state index is 0.0492. The molecule has 0 aliphatic heterocycles. The molecule has 7 aromatic rings. The van der Waals surface area contributed by atoms with Crippen LogP contribution in [0.3, 0.4) is 0 Å². The summed E-state index contributed by atoms with van der Waals surface area (Å²) in [6.07, 6.45) is 0. The summed E-state index contributed by atoms with van der Waals surface area (Å²) >= 11 is 11.4. The lowest BCUT2D eigenvalue weighted by Gasteiger charge is -2.10. The molecular formula is C39H20Cl2F6N2O5. The van der Waals surface area contributed by atoms with E-state index in [0.29, 0.717) is 16.7 Å². The van der Waals surface area contributed by atoms with Crippen molar-refractivity contribution in [2.24, 2.45) is 0 Å². The molecule has 0 unspecified atom stereocenters. The summed E-state index contributed by atoms with van der Waals surface area (Å²) in [6.45, 7) is 0. The molecule has 0 bridgehead atoms. The smallest absolute Gasteiger partial charge is 0.427 e. The van der Waals surface area contributed by atoms with Gasteiger partial charge < -0.3 is 14.8 Å². The number of fused-ring (bicyclic) bond motifs is 1. The maximum absolute atomic E-state index is 14.2. The van der Waals surface area contributed by atoms with Crippen molar-refractivity contribution >= 4 is 45.8 Å². The predicted molar refractivity (Wildman–Crippen MR) is 191 cm³/mol. The molecule has 1 heterocycles. The van der Waals surface area contributed by atoms with Gasteiger partial charge in [-0.15, -0.1) is 0 Å². The molecule has 0 saturated heterocycles. The minimum Gasteiger partial charge on any atom is -0.507 e. The van der Waals surface area contributed by atoms with Crippen molar-refractivity contribution in [3.8, 4) is 33.7 Å². The standard InChI is InChI=1S/C20H9ClF3NO3.C19H11ClF3NO2/c21-11-2-5-17(16(24)8-11)25-19(26)14-7-10(1-6-18(14)28-20(25)27)13-4-3-12(22)9-15(13)23;20-11-2-5-17(16(23)8-11)24-19(26)14-7-10(1-6-18(14)25)13-4-3-12(21)9-15(13)22/h1-9H;1-9,25H,(H,24,26). The Morgan fingerprint density at radius 1 is 0.630 bits per heavy atom. The lowest BCUT2D eigenvalue weighted by molar-refractivity contribution is 0.102. The SMILES string of the molecule is O=C(Nc1ccc(Cl)cc1F)c1cc(-c2ccc(F)cc2F)ccc1O.O=c1oc2ccc(-c3ccc(F)cc3F)cc2c(=O)n1-c1ccc(Cl)cc1F. The third-order valence-electron chi connectivity index (χ3n) is 7.85. The lowest BCUT2D eigenvalue weighted by atomic mass is 10.0. The molecule has 0 aliphatic rings. The first-order chi connectivity index (χ1) is 25.7. The van der Waals surface area contributed by atoms with Crippen LogP contribution in [0.2, 0.25) is 10.0 Å². The van der Waals surface area contributed by atoms with E-state index in [0.717, 1.165) is 24.3 Å². The molecule has 0 fully saturated rings. The molecule has 1 aromatic heterocycles. The van der Waals surface area contributed by atoms with E-state index >= 15 is 0 Å². The van der Waals surface area contributed by atoms with E-state index in [9.17, 15) is 45.8 Å². The van der Waals surface area contributed by atoms with E-state index < -0.39 is 52.1 Å². The first-order valence-corrected chi connectivity index (χ1v) is 16.1. The number of aromatic nitrogens is 1. The fourth-order valence-electron chi connectivity index (χ4n) is 5.28. The van der Waals surface area contributed by atoms with Crippen LogP contribution in [-0.2, 0) is 0 Å². The van der Waals surface area contributed by atoms with Gasteiger partial charge in [-0.05, 0) is 96.1 Å². The van der Waals surface area contributed by atoms with E-state index in [1.54, 1.807) is 0 Å². The number of nitrogens with zero attached hydrogens (tertiary/aromatic N) is 1. The van der Waals surface area contributed by atoms with Crippen molar-refractivity contribution in [3.05, 3.63) is 181 Å². The maximum atomic E-state index is 14.2. The third kappa shape index (κ3) is 7.87. The Labute approximate surface area is 309 Å². The van der Waals surface area contributed by atoms with Crippen molar-refractivity contribution in [2.45, 2.75) is 0 Å². The molecule has 0 saturated carbocycles. The number of carbonyl (C=O) groups is 1. The highest BCUT2D eigenvalue weighted by molar-refractivity contribution is 6.31. The van der Waals surface area contributed by atoms with Gasteiger partial charge >= 0.3 is 5.76 Å². The van der Waals surface area contributed by atoms with Crippen molar-refractivity contribution < 1.29 is 40.7 Å². The molecule has 6 aromatic carbocycles. The molecule has 0 atom stereocenters. The maximum Gasteiger partial charge on any atom is 0.427 e. The van der Waals surface area contributed by atoms with Crippen molar-refractivity contribution in [3.63, 3.8) is 0 Å². The molecule has 272 valence electrons. The average Bonchev–Trinajstić information content (AvgIpc) is 3.11. The normalized spacial score (nSPS) is 10.9. The lowest BCUT2D eigenvalue weighted by Crippen LogP contribution is -2.31. The number of hydrogen-bond donors (Lipinski definition) is 2. The van der Waals surface area contributed by atoms with Crippen LogP contribution in [0.25, 0.3) is 38.9 Å². The van der Waals surface area contributed by atoms with Crippen LogP contribution < -0.4 is 16.6 Å². The first kappa shape index (κ1) is 37.4. The third-order valence-corrected chi connectivity index (χ3v) is 8.32. The monoisotopic (exact) mass is 780 g/mol. The van der Waals surface area contributed by atoms with E-state index in [2.05, 4.69) is 5.32 Å². The number of hydrogen-bond acceptors (Lipinski definition) is 5. The summed E-state index contributed by atoms with van der Waals surface area (Å²) in [5.74, 6) is -7.00. The summed E-state index contributed by atoms with van der Waals surface area (Å²) in [6, 6.07) is 21.0. The van der Waals surface area contributed by atoms with E-state index in [1.807, 2.05) is 0 Å². The second-order valence-corrected chi connectivity index (χ2v) is 12.2. The Morgan fingerprint density at radius 2 is 1.20 bits per heavy atom. The number of phenolic OH excluding ortho intramolecular Hbond substituents is 1. The van der Waals surface area contributed by atoms with Crippen LogP contribution >= 0.6 is 23.2 Å². The quantitative estimate of drug-likeness (QED) is 0.169. The molecular weight excluding hydrogens is 761 g/mol. The Kier molecular flexibility index (Phi) is 10.6. The van der Waals surface area contributed by atoms with Gasteiger partial charge in [0.15, 0.2) is 0 Å². The topological polar surface area (TPSA) is 102 Å². The highest BCUT2D eigenvalue weighted by Crippen LogP contribution is 2.30. The van der Waals surface area contributed by atoms with Gasteiger partial charge in [0, 0.05) is 33.3 Å². The van der Waals surface area contributed by atoms with Crippen molar-refractivity contribution in [2.75, 3.05) is 5.32 Å². The van der Waals surface area contributed by atoms with Gasteiger partial charge in [-0.2, -0.15) is 0 Å². The highest BCUT2D eigenvalue weighted by Gasteiger charge is 2.18. The van der Waals surface area contributed by atoms with Crippen molar-refractivity contribution in [1.82, 2.24) is 4.57 Å². The largest absolute Gasteiger partial charge is 0.507 e. The number of benzene rings is 6. The number of amides is 1. The van der Waals surface area contributed by atoms with Crippen LogP contribution in [0.1, 0.15) is 10.4 Å². The Morgan fingerprint density at radius 3 is 1.80 bits per heavy atom. The molecule has 54 heavy (non-hydrogen) atoms. The molecule has 0 aliphatic carbocycles. The van der Waals surface area contributed by atoms with Gasteiger partial charge in [-0.1, -0.05) is 35.3 Å². The Bertz CT molecular complexity index is 2740. The number of nitrogens with one attached hydrogen (secondary N) is 1. The Hall–Kier alpha value is -6.31. The van der Waals surface area contributed by atoms with E-state index in [-0.39, 0.29) is 66.0 Å². The molecule has 7 nitrogen and oxygen atoms in total. The zero-order valence-corrected chi connectivity index (χ0v) is 28.5. The van der Waals surface area contributed by atoms with Gasteiger partial charge in [0.25, 0.3) is 11.5 Å². The van der Waals surface area contributed by atoms with Gasteiger partial charge in [-0.25, -0.2) is 35.7 Å². The van der Waals surface area contributed by atoms with Crippen LogP contribution in [0.15, 0.2) is 123 Å². The highest BCUT2D eigenvalue weighted by atomic mass is 35.5. The van der Waals surface area contributed by atoms with Gasteiger partial charge in [0.1, 0.15) is 46.2 Å². The van der Waals surface area contributed by atoms with E-state index in [1.165, 1.54) is 72.8 Å². The van der Waals surface area contributed by atoms with E-state index in [4.69, 9.17) is 27.6 Å². The molecule has 1 amide bonds. The van der Waals surface area contributed by atoms with Crippen LogP contribution in [0.4, 0.5) is 32.0 Å². The first-order valence-electron chi connectivity index (χ1n) is 15.4. The Balaban J connectivity index is 0.000000185. The fraction of sp³-hybridized carbons (Fsp3) is 0. The second-order valence-electron chi connectivity index (χ2n) is 11.4. The second kappa shape index (κ2) is 15.3. The van der Waals surface area contributed by atoms with Gasteiger partial charge in [0.05, 0.1) is 22.3 Å². The summed E-state index contributed by atoms with van der Waals surface area (Å²) < 4.78 is 87.9. The van der Waals surface area contributed by atoms with Crippen LogP contribution in [0, 0.1) is 34.9 Å². The minimum atomic E-state index is -1.08. The summed E-state index contributed by atoms with van der Waals surface area (Å²) in [4.78, 5) is 37.5. The number of phenols is 1. The van der Waals surface area contributed by atoms with Gasteiger partial charge in [0.2, 0.25) is 0 Å². The molecule has 0 spiro atoms. The number of carbonyl (C=O) groups excluding carboxylic acids is 1. The number of aromatic hydroxyl groups is 1. The molecule has 7 rings (SSSR count). The fourth-order valence-corrected chi connectivity index (χ4v) is 5.60.